The Balaban J connectivity index is 2.04. The number of nitrogens with two attached hydrogens (primary N) is 1. The summed E-state index contributed by atoms with van der Waals surface area (Å²) in [7, 11) is 0. The number of nitrogen functional groups attached to an aromatic ring is 1. The molecule has 0 fully saturated rings. The van der Waals surface area contributed by atoms with Gasteiger partial charge in [0.15, 0.2) is 0 Å². The van der Waals surface area contributed by atoms with Crippen molar-refractivity contribution >= 4 is 43.6 Å². The molecule has 0 bridgehead atoms. The maximum Gasteiger partial charge on any atom is 0.221 e. The standard InChI is InChI=1S/C18H12BrN3/c19-14-7-8-16-15(10-14)17(22-18(20)21-16)13-6-5-11-3-1-2-4-12(11)9-13/h1-10H,(H2,20,21,22). The molecular weight excluding hydrogens is 338 g/mol. The van der Waals surface area contributed by atoms with Crippen LogP contribution in [0.3, 0.4) is 0 Å². The van der Waals surface area contributed by atoms with Crippen LogP contribution in [0.1, 0.15) is 0 Å². The van der Waals surface area contributed by atoms with Gasteiger partial charge in [-0.25, -0.2) is 9.97 Å². The maximum absolute atomic E-state index is 5.88. The summed E-state index contributed by atoms with van der Waals surface area (Å²) in [5.74, 6) is 0.290. The van der Waals surface area contributed by atoms with Crippen LogP contribution >= 0.6 is 15.9 Å². The van der Waals surface area contributed by atoms with Crippen molar-refractivity contribution in [1.82, 2.24) is 9.97 Å². The third-order valence-corrected chi connectivity index (χ3v) is 4.19. The van der Waals surface area contributed by atoms with E-state index in [0.29, 0.717) is 0 Å². The number of rotatable bonds is 1. The van der Waals surface area contributed by atoms with Crippen LogP contribution in [-0.2, 0) is 0 Å². The van der Waals surface area contributed by atoms with E-state index in [1.54, 1.807) is 0 Å². The molecule has 4 rings (SSSR count). The molecule has 2 N–H and O–H groups in total. The lowest BCUT2D eigenvalue weighted by atomic mass is 10.0. The summed E-state index contributed by atoms with van der Waals surface area (Å²) in [6, 6.07) is 20.5. The molecule has 22 heavy (non-hydrogen) atoms. The van der Waals surface area contributed by atoms with Gasteiger partial charge in [-0.1, -0.05) is 52.3 Å². The van der Waals surface area contributed by atoms with Gasteiger partial charge in [0, 0.05) is 15.4 Å². The van der Waals surface area contributed by atoms with Gasteiger partial charge in [0.25, 0.3) is 0 Å². The van der Waals surface area contributed by atoms with Crippen molar-refractivity contribution in [3.05, 3.63) is 65.1 Å². The number of hydrogen-bond donors (Lipinski definition) is 1. The van der Waals surface area contributed by atoms with E-state index in [0.717, 1.165) is 26.6 Å². The van der Waals surface area contributed by atoms with Crippen LogP contribution in [0.25, 0.3) is 32.9 Å². The summed E-state index contributed by atoms with van der Waals surface area (Å²) >= 11 is 3.51. The zero-order chi connectivity index (χ0) is 15.1. The molecule has 0 atom stereocenters. The molecule has 1 heterocycles. The fourth-order valence-electron chi connectivity index (χ4n) is 2.68. The summed E-state index contributed by atoms with van der Waals surface area (Å²) in [6.45, 7) is 0. The van der Waals surface area contributed by atoms with E-state index >= 15 is 0 Å². The molecule has 0 saturated carbocycles. The van der Waals surface area contributed by atoms with Crippen molar-refractivity contribution in [2.24, 2.45) is 0 Å². The Kier molecular flexibility index (Phi) is 3.05. The Morgan fingerprint density at radius 3 is 2.50 bits per heavy atom. The highest BCUT2D eigenvalue weighted by atomic mass is 79.9. The molecule has 3 nitrogen and oxygen atoms in total. The summed E-state index contributed by atoms with van der Waals surface area (Å²) in [6.07, 6.45) is 0. The Morgan fingerprint density at radius 2 is 1.64 bits per heavy atom. The smallest absolute Gasteiger partial charge is 0.221 e. The Morgan fingerprint density at radius 1 is 0.818 bits per heavy atom. The minimum absolute atomic E-state index is 0.290. The maximum atomic E-state index is 5.88. The molecule has 4 aromatic rings. The largest absolute Gasteiger partial charge is 0.368 e. The van der Waals surface area contributed by atoms with Crippen molar-refractivity contribution in [3.63, 3.8) is 0 Å². The Bertz CT molecular complexity index is 1010. The first-order valence-corrected chi connectivity index (χ1v) is 7.72. The molecule has 0 radical (unpaired) electrons. The van der Waals surface area contributed by atoms with E-state index in [4.69, 9.17) is 5.73 Å². The molecule has 0 aliphatic rings. The van der Waals surface area contributed by atoms with Crippen LogP contribution in [0.2, 0.25) is 0 Å². The molecule has 106 valence electrons. The highest BCUT2D eigenvalue weighted by Crippen LogP contribution is 2.30. The van der Waals surface area contributed by atoms with E-state index in [2.05, 4.69) is 56.2 Å². The first-order chi connectivity index (χ1) is 10.7. The SMILES string of the molecule is Nc1nc(-c2ccc3ccccc3c2)c2cc(Br)ccc2n1. The van der Waals surface area contributed by atoms with Gasteiger partial charge in [-0.3, -0.25) is 0 Å². The monoisotopic (exact) mass is 349 g/mol. The molecular formula is C18H12BrN3. The highest BCUT2D eigenvalue weighted by molar-refractivity contribution is 9.10. The van der Waals surface area contributed by atoms with Gasteiger partial charge < -0.3 is 5.73 Å². The molecule has 0 spiro atoms. The van der Waals surface area contributed by atoms with Crippen LogP contribution in [0.4, 0.5) is 5.95 Å². The minimum atomic E-state index is 0.290. The zero-order valence-electron chi connectivity index (χ0n) is 11.6. The van der Waals surface area contributed by atoms with Gasteiger partial charge in [0.2, 0.25) is 5.95 Å². The molecule has 4 heteroatoms. The predicted octanol–water partition coefficient (Wildman–Crippen LogP) is 4.79. The van der Waals surface area contributed by atoms with Gasteiger partial charge >= 0.3 is 0 Å². The number of hydrogen-bond acceptors (Lipinski definition) is 3. The quantitative estimate of drug-likeness (QED) is 0.537. The number of halogens is 1. The molecule has 0 amide bonds. The second-order valence-electron chi connectivity index (χ2n) is 5.15. The van der Waals surface area contributed by atoms with E-state index < -0.39 is 0 Å². The van der Waals surface area contributed by atoms with Gasteiger partial charge in [-0.15, -0.1) is 0 Å². The first-order valence-electron chi connectivity index (χ1n) is 6.93. The highest BCUT2D eigenvalue weighted by Gasteiger charge is 2.09. The van der Waals surface area contributed by atoms with Crippen molar-refractivity contribution in [3.8, 4) is 11.3 Å². The van der Waals surface area contributed by atoms with Gasteiger partial charge in [-0.2, -0.15) is 0 Å². The lowest BCUT2D eigenvalue weighted by molar-refractivity contribution is 1.24. The minimum Gasteiger partial charge on any atom is -0.368 e. The van der Waals surface area contributed by atoms with Crippen molar-refractivity contribution in [1.29, 1.82) is 0 Å². The average molecular weight is 350 g/mol. The number of fused-ring (bicyclic) bond motifs is 2. The van der Waals surface area contributed by atoms with Crippen molar-refractivity contribution < 1.29 is 0 Å². The normalized spacial score (nSPS) is 11.1. The molecule has 0 aliphatic heterocycles. The summed E-state index contributed by atoms with van der Waals surface area (Å²) in [4.78, 5) is 8.78. The first kappa shape index (κ1) is 13.2. The lowest BCUT2D eigenvalue weighted by Crippen LogP contribution is -1.98. The van der Waals surface area contributed by atoms with Crippen molar-refractivity contribution in [2.75, 3.05) is 5.73 Å². The van der Waals surface area contributed by atoms with Gasteiger partial charge in [0.05, 0.1) is 11.2 Å². The number of nitrogens with zero attached hydrogens (tertiary/aromatic N) is 2. The number of benzene rings is 3. The summed E-state index contributed by atoms with van der Waals surface area (Å²) < 4.78 is 0.996. The lowest BCUT2D eigenvalue weighted by Gasteiger charge is -2.08. The van der Waals surface area contributed by atoms with Crippen LogP contribution in [0.15, 0.2) is 65.1 Å². The van der Waals surface area contributed by atoms with Crippen LogP contribution in [-0.4, -0.2) is 9.97 Å². The van der Waals surface area contributed by atoms with Crippen LogP contribution in [0.5, 0.6) is 0 Å². The van der Waals surface area contributed by atoms with Crippen LogP contribution in [0, 0.1) is 0 Å². The number of anilines is 1. The van der Waals surface area contributed by atoms with Crippen LogP contribution < -0.4 is 5.73 Å². The molecule has 0 aliphatic carbocycles. The Hall–Kier alpha value is -2.46. The molecule has 3 aromatic carbocycles. The van der Waals surface area contributed by atoms with Gasteiger partial charge in [0.1, 0.15) is 0 Å². The predicted molar refractivity (Wildman–Crippen MR) is 94.6 cm³/mol. The van der Waals surface area contributed by atoms with Crippen molar-refractivity contribution in [2.45, 2.75) is 0 Å². The van der Waals surface area contributed by atoms with E-state index in [-0.39, 0.29) is 5.95 Å². The van der Waals surface area contributed by atoms with E-state index in [1.807, 2.05) is 30.3 Å². The van der Waals surface area contributed by atoms with E-state index in [1.165, 1.54) is 10.8 Å². The fraction of sp³-hybridized carbons (Fsp3) is 0. The topological polar surface area (TPSA) is 51.8 Å². The second-order valence-corrected chi connectivity index (χ2v) is 6.07. The third kappa shape index (κ3) is 2.22. The number of aromatic nitrogens is 2. The second kappa shape index (κ2) is 5.07. The summed E-state index contributed by atoms with van der Waals surface area (Å²) in [5, 5.41) is 3.37. The molecule has 1 aromatic heterocycles. The van der Waals surface area contributed by atoms with E-state index in [9.17, 15) is 0 Å². The average Bonchev–Trinajstić information content (AvgIpc) is 2.54. The molecule has 0 saturated heterocycles. The Labute approximate surface area is 135 Å². The van der Waals surface area contributed by atoms with Gasteiger partial charge in [-0.05, 0) is 35.0 Å². The summed E-state index contributed by atoms with van der Waals surface area (Å²) in [5.41, 5.74) is 8.62. The zero-order valence-corrected chi connectivity index (χ0v) is 13.2. The third-order valence-electron chi connectivity index (χ3n) is 3.70. The molecule has 0 unspecified atom stereocenters. The fourth-order valence-corrected chi connectivity index (χ4v) is 3.04.